The lowest BCUT2D eigenvalue weighted by atomic mass is 9.96. The van der Waals surface area contributed by atoms with Crippen LogP contribution in [0.3, 0.4) is 0 Å². The van der Waals surface area contributed by atoms with Crippen molar-refractivity contribution in [1.29, 1.82) is 0 Å². The van der Waals surface area contributed by atoms with Crippen LogP contribution in [-0.2, 0) is 18.4 Å². The van der Waals surface area contributed by atoms with Crippen LogP contribution in [0.5, 0.6) is 0 Å². The molecule has 0 aromatic carbocycles. The second kappa shape index (κ2) is 3.05. The van der Waals surface area contributed by atoms with E-state index < -0.39 is 0 Å². The summed E-state index contributed by atoms with van der Waals surface area (Å²) in [7, 11) is 0. The first-order valence-electron chi connectivity index (χ1n) is 5.09. The van der Waals surface area contributed by atoms with E-state index in [2.05, 4.69) is 30.9 Å². The number of fused-ring (bicyclic) bond motifs is 1. The van der Waals surface area contributed by atoms with Gasteiger partial charge in [0, 0.05) is 18.4 Å². The summed E-state index contributed by atoms with van der Waals surface area (Å²) in [5.41, 5.74) is -0.00467. The maximum atomic E-state index is 9.49. The molecule has 1 N–H and O–H groups in total. The number of hydrogen-bond acceptors (Lipinski definition) is 3. The molecule has 0 radical (unpaired) electrons. The van der Waals surface area contributed by atoms with Gasteiger partial charge >= 0.3 is 0 Å². The van der Waals surface area contributed by atoms with Gasteiger partial charge < -0.3 is 5.11 Å². The molecule has 0 aliphatic carbocycles. The van der Waals surface area contributed by atoms with Crippen molar-refractivity contribution < 1.29 is 5.11 Å². The van der Waals surface area contributed by atoms with Crippen molar-refractivity contribution >= 4 is 0 Å². The van der Waals surface area contributed by atoms with E-state index in [-0.39, 0.29) is 11.5 Å². The molecule has 4 nitrogen and oxygen atoms in total. The molecule has 2 rings (SSSR count). The molecular formula is C10H17N3O. The standard InChI is InChI=1S/C10H17N3O/c1-10(2,3)9-11-8-6-7(14)4-5-13(8)12-9/h7,14H,4-6H2,1-3H3. The summed E-state index contributed by atoms with van der Waals surface area (Å²) in [5.74, 6) is 1.80. The van der Waals surface area contributed by atoms with Crippen LogP contribution < -0.4 is 0 Å². The fourth-order valence-corrected chi connectivity index (χ4v) is 1.61. The maximum absolute atomic E-state index is 9.49. The topological polar surface area (TPSA) is 50.9 Å². The minimum absolute atomic E-state index is 0.00467. The maximum Gasteiger partial charge on any atom is 0.156 e. The molecule has 0 saturated heterocycles. The Hall–Kier alpha value is -0.900. The van der Waals surface area contributed by atoms with Crippen molar-refractivity contribution in [2.75, 3.05) is 0 Å². The first-order chi connectivity index (χ1) is 6.47. The van der Waals surface area contributed by atoms with Crippen LogP contribution in [0.2, 0.25) is 0 Å². The Kier molecular flexibility index (Phi) is 2.10. The van der Waals surface area contributed by atoms with Gasteiger partial charge in [-0.25, -0.2) is 9.67 Å². The van der Waals surface area contributed by atoms with Crippen LogP contribution in [0.1, 0.15) is 38.8 Å². The molecule has 0 spiro atoms. The molecule has 1 aromatic heterocycles. The molecule has 1 aliphatic heterocycles. The number of aliphatic hydroxyl groups is 1. The Labute approximate surface area is 84.0 Å². The lowest BCUT2D eigenvalue weighted by Crippen LogP contribution is -2.23. The van der Waals surface area contributed by atoms with Crippen LogP contribution in [0, 0.1) is 0 Å². The van der Waals surface area contributed by atoms with Crippen LogP contribution in [-0.4, -0.2) is 26.0 Å². The average Bonchev–Trinajstić information content (AvgIpc) is 2.45. The van der Waals surface area contributed by atoms with Gasteiger partial charge in [-0.3, -0.25) is 0 Å². The van der Waals surface area contributed by atoms with E-state index in [0.717, 1.165) is 24.6 Å². The number of aryl methyl sites for hydroxylation is 1. The van der Waals surface area contributed by atoms with E-state index in [4.69, 9.17) is 0 Å². The predicted molar refractivity (Wildman–Crippen MR) is 53.0 cm³/mol. The zero-order chi connectivity index (χ0) is 10.3. The fraction of sp³-hybridized carbons (Fsp3) is 0.800. The summed E-state index contributed by atoms with van der Waals surface area (Å²) in [6.07, 6.45) is 1.20. The molecule has 0 saturated carbocycles. The number of rotatable bonds is 0. The average molecular weight is 195 g/mol. The van der Waals surface area contributed by atoms with Crippen molar-refractivity contribution in [2.24, 2.45) is 0 Å². The Morgan fingerprint density at radius 3 is 2.79 bits per heavy atom. The van der Waals surface area contributed by atoms with E-state index in [0.29, 0.717) is 6.42 Å². The molecule has 4 heteroatoms. The summed E-state index contributed by atoms with van der Waals surface area (Å²) in [6, 6.07) is 0. The Balaban J connectivity index is 2.32. The fourth-order valence-electron chi connectivity index (χ4n) is 1.61. The zero-order valence-corrected chi connectivity index (χ0v) is 8.99. The normalized spacial score (nSPS) is 22.1. The molecule has 1 unspecified atom stereocenters. The lowest BCUT2D eigenvalue weighted by molar-refractivity contribution is 0.138. The second-order valence-electron chi connectivity index (χ2n) is 4.97. The number of hydrogen-bond donors (Lipinski definition) is 1. The highest BCUT2D eigenvalue weighted by Crippen LogP contribution is 2.21. The van der Waals surface area contributed by atoms with E-state index >= 15 is 0 Å². The van der Waals surface area contributed by atoms with Gasteiger partial charge in [0.1, 0.15) is 5.82 Å². The van der Waals surface area contributed by atoms with Gasteiger partial charge in [-0.1, -0.05) is 20.8 Å². The van der Waals surface area contributed by atoms with Gasteiger partial charge in [0.15, 0.2) is 5.82 Å². The van der Waals surface area contributed by atoms with E-state index in [1.165, 1.54) is 0 Å². The zero-order valence-electron chi connectivity index (χ0n) is 8.99. The molecular weight excluding hydrogens is 178 g/mol. The smallest absolute Gasteiger partial charge is 0.156 e. The third-order valence-corrected chi connectivity index (χ3v) is 2.51. The summed E-state index contributed by atoms with van der Waals surface area (Å²) >= 11 is 0. The summed E-state index contributed by atoms with van der Waals surface area (Å²) in [6.45, 7) is 7.10. The predicted octanol–water partition coefficient (Wildman–Crippen LogP) is 0.883. The highest BCUT2D eigenvalue weighted by atomic mass is 16.3. The van der Waals surface area contributed by atoms with Crippen LogP contribution in [0.25, 0.3) is 0 Å². The molecule has 0 amide bonds. The van der Waals surface area contributed by atoms with Crippen molar-refractivity contribution in [1.82, 2.24) is 14.8 Å². The van der Waals surface area contributed by atoms with Crippen LogP contribution in [0.4, 0.5) is 0 Å². The Morgan fingerprint density at radius 1 is 1.43 bits per heavy atom. The molecule has 1 aliphatic rings. The van der Waals surface area contributed by atoms with Gasteiger partial charge in [0.2, 0.25) is 0 Å². The van der Waals surface area contributed by atoms with Crippen LogP contribution >= 0.6 is 0 Å². The van der Waals surface area contributed by atoms with Gasteiger partial charge in [-0.05, 0) is 6.42 Å². The second-order valence-corrected chi connectivity index (χ2v) is 4.97. The third-order valence-electron chi connectivity index (χ3n) is 2.51. The van der Waals surface area contributed by atoms with Gasteiger partial charge in [0.25, 0.3) is 0 Å². The molecule has 78 valence electrons. The van der Waals surface area contributed by atoms with Crippen molar-refractivity contribution in [3.63, 3.8) is 0 Å². The van der Waals surface area contributed by atoms with E-state index in [1.54, 1.807) is 0 Å². The third kappa shape index (κ3) is 1.66. The number of aromatic nitrogens is 3. The monoisotopic (exact) mass is 195 g/mol. The molecule has 0 bridgehead atoms. The van der Waals surface area contributed by atoms with Gasteiger partial charge in [-0.2, -0.15) is 5.10 Å². The highest BCUT2D eigenvalue weighted by Gasteiger charge is 2.25. The lowest BCUT2D eigenvalue weighted by Gasteiger charge is -2.16. The molecule has 2 heterocycles. The number of aliphatic hydroxyl groups excluding tert-OH is 1. The van der Waals surface area contributed by atoms with Gasteiger partial charge in [0.05, 0.1) is 6.10 Å². The Morgan fingerprint density at radius 2 is 2.14 bits per heavy atom. The molecule has 1 atom stereocenters. The summed E-state index contributed by atoms with van der Waals surface area (Å²) in [4.78, 5) is 4.46. The molecule has 1 aromatic rings. The largest absolute Gasteiger partial charge is 0.393 e. The molecule has 14 heavy (non-hydrogen) atoms. The van der Waals surface area contributed by atoms with E-state index in [9.17, 15) is 5.11 Å². The SMILES string of the molecule is CC(C)(C)c1nc2n(n1)CCC(O)C2. The minimum Gasteiger partial charge on any atom is -0.393 e. The van der Waals surface area contributed by atoms with Crippen molar-refractivity contribution in [3.8, 4) is 0 Å². The summed E-state index contributed by atoms with van der Waals surface area (Å²) in [5, 5.41) is 13.9. The minimum atomic E-state index is -0.237. The van der Waals surface area contributed by atoms with Crippen LogP contribution in [0.15, 0.2) is 0 Å². The first kappa shape index (κ1) is 9.65. The number of nitrogens with zero attached hydrogens (tertiary/aromatic N) is 3. The Bertz CT molecular complexity index is 338. The van der Waals surface area contributed by atoms with Crippen molar-refractivity contribution in [2.45, 2.75) is 51.7 Å². The quantitative estimate of drug-likeness (QED) is 0.668. The van der Waals surface area contributed by atoms with E-state index in [1.807, 2.05) is 4.68 Å². The first-order valence-corrected chi connectivity index (χ1v) is 5.09. The van der Waals surface area contributed by atoms with Gasteiger partial charge in [-0.15, -0.1) is 0 Å². The molecule has 0 fully saturated rings. The van der Waals surface area contributed by atoms with Crippen molar-refractivity contribution in [3.05, 3.63) is 11.6 Å². The highest BCUT2D eigenvalue weighted by molar-refractivity contribution is 5.05. The summed E-state index contributed by atoms with van der Waals surface area (Å²) < 4.78 is 1.92.